The standard InChI is InChI=1S/C16H14ClN5O4/c17-10-1-3-11(4-2-10)18-12-9-13(21-5-7-25-8-6-21)14-15(20-26-19-14)16(12)22(23)24/h1-4,9,18H,5-8H2. The van der Waals surface area contributed by atoms with Gasteiger partial charge in [-0.3, -0.25) is 10.1 Å². The van der Waals surface area contributed by atoms with Gasteiger partial charge in [-0.05, 0) is 40.6 Å². The third-order valence-corrected chi connectivity index (χ3v) is 4.40. The molecule has 0 saturated carbocycles. The lowest BCUT2D eigenvalue weighted by Crippen LogP contribution is -2.36. The van der Waals surface area contributed by atoms with Crippen LogP contribution in [0.5, 0.6) is 0 Å². The molecule has 2 heterocycles. The van der Waals surface area contributed by atoms with Gasteiger partial charge in [-0.2, -0.15) is 0 Å². The fourth-order valence-corrected chi connectivity index (χ4v) is 3.05. The minimum atomic E-state index is -0.492. The second kappa shape index (κ2) is 6.77. The van der Waals surface area contributed by atoms with Crippen molar-refractivity contribution in [2.45, 2.75) is 0 Å². The van der Waals surface area contributed by atoms with Crippen molar-refractivity contribution in [3.63, 3.8) is 0 Å². The summed E-state index contributed by atoms with van der Waals surface area (Å²) in [5.41, 5.74) is 1.97. The number of nitro groups is 1. The molecule has 1 aromatic heterocycles. The first-order valence-corrected chi connectivity index (χ1v) is 8.30. The zero-order valence-electron chi connectivity index (χ0n) is 13.5. The summed E-state index contributed by atoms with van der Waals surface area (Å²) >= 11 is 5.90. The summed E-state index contributed by atoms with van der Waals surface area (Å²) < 4.78 is 10.2. The van der Waals surface area contributed by atoms with Crippen LogP contribution in [0, 0.1) is 10.1 Å². The van der Waals surface area contributed by atoms with Gasteiger partial charge in [0.1, 0.15) is 5.69 Å². The van der Waals surface area contributed by atoms with Crippen LogP contribution in [0.1, 0.15) is 0 Å². The lowest BCUT2D eigenvalue weighted by Gasteiger charge is -2.29. The highest BCUT2D eigenvalue weighted by molar-refractivity contribution is 6.30. The fraction of sp³-hybridized carbons (Fsp3) is 0.250. The van der Waals surface area contributed by atoms with Gasteiger partial charge in [-0.25, -0.2) is 4.63 Å². The van der Waals surface area contributed by atoms with Gasteiger partial charge >= 0.3 is 5.69 Å². The van der Waals surface area contributed by atoms with E-state index in [1.165, 1.54) is 0 Å². The van der Waals surface area contributed by atoms with E-state index in [9.17, 15) is 10.1 Å². The molecule has 10 heteroatoms. The Morgan fingerprint density at radius 1 is 1.15 bits per heavy atom. The van der Waals surface area contributed by atoms with Crippen molar-refractivity contribution in [1.82, 2.24) is 10.3 Å². The summed E-state index contributed by atoms with van der Waals surface area (Å²) in [7, 11) is 0. The number of anilines is 3. The first-order chi connectivity index (χ1) is 12.6. The minimum absolute atomic E-state index is 0.107. The summed E-state index contributed by atoms with van der Waals surface area (Å²) in [5, 5.41) is 23.0. The Morgan fingerprint density at radius 3 is 2.54 bits per heavy atom. The number of hydrogen-bond acceptors (Lipinski definition) is 8. The van der Waals surface area contributed by atoms with Crippen molar-refractivity contribution in [3.05, 3.63) is 45.5 Å². The maximum Gasteiger partial charge on any atom is 0.324 e. The molecule has 1 N–H and O–H groups in total. The fourth-order valence-electron chi connectivity index (χ4n) is 2.93. The van der Waals surface area contributed by atoms with Gasteiger partial charge in [0.15, 0.2) is 5.52 Å². The van der Waals surface area contributed by atoms with E-state index in [0.29, 0.717) is 53.9 Å². The summed E-state index contributed by atoms with van der Waals surface area (Å²) in [6.07, 6.45) is 0. The van der Waals surface area contributed by atoms with Crippen LogP contribution in [-0.4, -0.2) is 41.5 Å². The van der Waals surface area contributed by atoms with Crippen LogP contribution >= 0.6 is 11.6 Å². The molecular formula is C16H14ClN5O4. The van der Waals surface area contributed by atoms with Gasteiger partial charge < -0.3 is 15.0 Å². The van der Waals surface area contributed by atoms with Gasteiger partial charge in [-0.15, -0.1) is 0 Å². The zero-order valence-corrected chi connectivity index (χ0v) is 14.3. The van der Waals surface area contributed by atoms with Crippen LogP contribution in [0.15, 0.2) is 35.0 Å². The van der Waals surface area contributed by atoms with Crippen LogP contribution in [0.25, 0.3) is 11.0 Å². The monoisotopic (exact) mass is 375 g/mol. The van der Waals surface area contributed by atoms with E-state index < -0.39 is 4.92 Å². The Labute approximate surface area is 152 Å². The lowest BCUT2D eigenvalue weighted by molar-refractivity contribution is -0.382. The average molecular weight is 376 g/mol. The molecule has 0 radical (unpaired) electrons. The molecule has 0 aliphatic carbocycles. The number of fused-ring (bicyclic) bond motifs is 1. The Kier molecular flexibility index (Phi) is 4.31. The highest BCUT2D eigenvalue weighted by Crippen LogP contribution is 2.39. The van der Waals surface area contributed by atoms with E-state index >= 15 is 0 Å². The third kappa shape index (κ3) is 3.02. The normalized spacial score (nSPS) is 14.6. The summed E-state index contributed by atoms with van der Waals surface area (Å²) in [4.78, 5) is 13.2. The van der Waals surface area contributed by atoms with Crippen LogP contribution < -0.4 is 10.2 Å². The second-order valence-electron chi connectivity index (χ2n) is 5.74. The first kappa shape index (κ1) is 16.6. The molecule has 0 atom stereocenters. The van der Waals surface area contributed by atoms with Gasteiger partial charge in [0.2, 0.25) is 5.52 Å². The largest absolute Gasteiger partial charge is 0.378 e. The summed E-state index contributed by atoms with van der Waals surface area (Å²) in [6, 6.07) is 8.59. The number of nitrogens with one attached hydrogen (secondary N) is 1. The third-order valence-electron chi connectivity index (χ3n) is 4.15. The highest BCUT2D eigenvalue weighted by atomic mass is 35.5. The van der Waals surface area contributed by atoms with Crippen LogP contribution in [-0.2, 0) is 4.74 Å². The van der Waals surface area contributed by atoms with Crippen LogP contribution in [0.4, 0.5) is 22.7 Å². The number of rotatable bonds is 4. The molecule has 2 aromatic carbocycles. The smallest absolute Gasteiger partial charge is 0.324 e. The van der Waals surface area contributed by atoms with Crippen LogP contribution in [0.2, 0.25) is 5.02 Å². The second-order valence-corrected chi connectivity index (χ2v) is 6.18. The van der Waals surface area contributed by atoms with E-state index in [4.69, 9.17) is 21.0 Å². The van der Waals surface area contributed by atoms with Crippen molar-refractivity contribution in [2.24, 2.45) is 0 Å². The molecule has 0 unspecified atom stereocenters. The summed E-state index contributed by atoms with van der Waals surface area (Å²) in [5.74, 6) is 0. The molecule has 1 fully saturated rings. The number of morpholine rings is 1. The molecule has 9 nitrogen and oxygen atoms in total. The number of ether oxygens (including phenoxy) is 1. The maximum atomic E-state index is 11.7. The number of halogens is 1. The van der Waals surface area contributed by atoms with Crippen molar-refractivity contribution in [1.29, 1.82) is 0 Å². The highest BCUT2D eigenvalue weighted by Gasteiger charge is 2.28. The predicted molar refractivity (Wildman–Crippen MR) is 96.2 cm³/mol. The Hall–Kier alpha value is -2.91. The molecule has 1 aliphatic heterocycles. The molecular weight excluding hydrogens is 362 g/mol. The van der Waals surface area contributed by atoms with E-state index in [1.54, 1.807) is 30.3 Å². The number of benzene rings is 2. The number of nitro benzene ring substituents is 1. The lowest BCUT2D eigenvalue weighted by atomic mass is 10.1. The molecule has 4 rings (SSSR count). The van der Waals surface area contributed by atoms with Gasteiger partial charge in [0, 0.05) is 23.8 Å². The Balaban J connectivity index is 1.84. The number of hydrogen-bond donors (Lipinski definition) is 1. The van der Waals surface area contributed by atoms with E-state index in [1.807, 2.05) is 4.90 Å². The van der Waals surface area contributed by atoms with Gasteiger partial charge in [-0.1, -0.05) is 11.6 Å². The minimum Gasteiger partial charge on any atom is -0.378 e. The predicted octanol–water partition coefficient (Wildman–Crippen LogP) is 3.36. The molecule has 0 spiro atoms. The first-order valence-electron chi connectivity index (χ1n) is 7.92. The molecule has 0 amide bonds. The van der Waals surface area contributed by atoms with Gasteiger partial charge in [0.25, 0.3) is 0 Å². The average Bonchev–Trinajstić information content (AvgIpc) is 3.12. The topological polar surface area (TPSA) is 107 Å². The van der Waals surface area contributed by atoms with Crippen LogP contribution in [0.3, 0.4) is 0 Å². The SMILES string of the molecule is O=[N+]([O-])c1c(Nc2ccc(Cl)cc2)cc(N2CCOCC2)c2nonc12. The summed E-state index contributed by atoms with van der Waals surface area (Å²) in [6.45, 7) is 2.45. The Bertz CT molecular complexity index is 953. The Morgan fingerprint density at radius 2 is 1.85 bits per heavy atom. The molecule has 0 bridgehead atoms. The van der Waals surface area contributed by atoms with E-state index in [-0.39, 0.29) is 11.2 Å². The quantitative estimate of drug-likeness (QED) is 0.546. The zero-order chi connectivity index (χ0) is 18.1. The van der Waals surface area contributed by atoms with Crippen molar-refractivity contribution >= 4 is 45.4 Å². The van der Waals surface area contributed by atoms with Crippen molar-refractivity contribution in [2.75, 3.05) is 36.5 Å². The van der Waals surface area contributed by atoms with Crippen molar-refractivity contribution in [3.8, 4) is 0 Å². The molecule has 1 saturated heterocycles. The molecule has 1 aliphatic rings. The molecule has 26 heavy (non-hydrogen) atoms. The van der Waals surface area contributed by atoms with Crippen molar-refractivity contribution < 1.29 is 14.3 Å². The number of nitrogens with zero attached hydrogens (tertiary/aromatic N) is 4. The maximum absolute atomic E-state index is 11.7. The van der Waals surface area contributed by atoms with E-state index in [2.05, 4.69) is 15.6 Å². The van der Waals surface area contributed by atoms with E-state index in [0.717, 1.165) is 0 Å². The molecule has 3 aromatic rings. The molecule has 134 valence electrons. The number of aromatic nitrogens is 2. The van der Waals surface area contributed by atoms with Gasteiger partial charge in [0.05, 0.1) is 23.8 Å².